The summed E-state index contributed by atoms with van der Waals surface area (Å²) < 4.78 is 11.6. The van der Waals surface area contributed by atoms with Crippen molar-refractivity contribution in [2.75, 3.05) is 26.3 Å². The normalized spacial score (nSPS) is 19.9. The van der Waals surface area contributed by atoms with Crippen LogP contribution < -0.4 is 0 Å². The first-order valence-electron chi connectivity index (χ1n) is 3.28. The van der Waals surface area contributed by atoms with Crippen molar-refractivity contribution in [3.05, 3.63) is 12.2 Å². The molecule has 1 aliphatic heterocycles. The smallest absolute Gasteiger partial charge is 0.0906 e. The Kier molecular flexibility index (Phi) is 2.22. The van der Waals surface area contributed by atoms with E-state index >= 15 is 0 Å². The average molecular weight is 129 g/mol. The fourth-order valence-electron chi connectivity index (χ4n) is 1.03. The molecule has 0 aliphatic carbocycles. The van der Waals surface area contributed by atoms with Gasteiger partial charge in [-0.05, 0) is 12.0 Å². The van der Waals surface area contributed by atoms with E-state index in [9.17, 15) is 4.39 Å². The lowest BCUT2D eigenvalue weighted by atomic mass is 10.1. The summed E-state index contributed by atoms with van der Waals surface area (Å²) in [6.07, 6.45) is 0.674. The maximum Gasteiger partial charge on any atom is 0.0906 e. The maximum absolute atomic E-state index is 11.6. The topological polar surface area (TPSA) is 3.24 Å². The zero-order valence-electron chi connectivity index (χ0n) is 5.57. The van der Waals surface area contributed by atoms with Crippen molar-refractivity contribution >= 4 is 0 Å². The third kappa shape index (κ3) is 1.79. The summed E-state index contributed by atoms with van der Waals surface area (Å²) in [6, 6.07) is 0. The van der Waals surface area contributed by atoms with Crippen LogP contribution in [-0.4, -0.2) is 31.2 Å². The Morgan fingerprint density at radius 2 is 2.22 bits per heavy atom. The summed E-state index contributed by atoms with van der Waals surface area (Å²) in [5, 5.41) is 0. The molecule has 0 unspecified atom stereocenters. The van der Waals surface area contributed by atoms with E-state index in [2.05, 4.69) is 11.5 Å². The second-order valence-electron chi connectivity index (χ2n) is 2.50. The summed E-state index contributed by atoms with van der Waals surface area (Å²) in [7, 11) is 0. The molecule has 0 N–H and O–H groups in total. The lowest BCUT2D eigenvalue weighted by Gasteiger charge is -2.32. The van der Waals surface area contributed by atoms with Crippen molar-refractivity contribution in [1.29, 1.82) is 0 Å². The quantitative estimate of drug-likeness (QED) is 0.518. The summed E-state index contributed by atoms with van der Waals surface area (Å²) in [4.78, 5) is 2.20. The van der Waals surface area contributed by atoms with Crippen molar-refractivity contribution in [1.82, 2.24) is 4.90 Å². The first kappa shape index (κ1) is 6.75. The van der Waals surface area contributed by atoms with Crippen LogP contribution in [-0.2, 0) is 0 Å². The molecule has 0 aromatic heterocycles. The average Bonchev–Trinajstić information content (AvgIpc) is 1.78. The minimum Gasteiger partial charge on any atom is -0.295 e. The molecule has 2 heteroatoms. The lowest BCUT2D eigenvalue weighted by Crippen LogP contribution is -2.40. The van der Waals surface area contributed by atoms with Gasteiger partial charge in [0.2, 0.25) is 0 Å². The number of nitrogens with zero attached hydrogens (tertiary/aromatic N) is 1. The van der Waals surface area contributed by atoms with Crippen LogP contribution in [0.5, 0.6) is 0 Å². The predicted octanol–water partition coefficient (Wildman–Crippen LogP) is 1.22. The van der Waals surface area contributed by atoms with Gasteiger partial charge in [-0.1, -0.05) is 6.58 Å². The number of rotatable bonds is 3. The monoisotopic (exact) mass is 129 g/mol. The highest BCUT2D eigenvalue weighted by Gasteiger charge is 2.16. The largest absolute Gasteiger partial charge is 0.295 e. The zero-order chi connectivity index (χ0) is 6.69. The SMILES string of the molecule is C=C1CN(CCCF)C1. The van der Waals surface area contributed by atoms with Crippen LogP contribution in [0.3, 0.4) is 0 Å². The summed E-state index contributed by atoms with van der Waals surface area (Å²) in [5.74, 6) is 0. The van der Waals surface area contributed by atoms with E-state index in [-0.39, 0.29) is 6.67 Å². The van der Waals surface area contributed by atoms with Crippen molar-refractivity contribution in [2.45, 2.75) is 6.42 Å². The highest BCUT2D eigenvalue weighted by atomic mass is 19.1. The molecular formula is C7H12FN. The molecule has 1 heterocycles. The minimum atomic E-state index is -0.191. The number of hydrogen-bond acceptors (Lipinski definition) is 1. The zero-order valence-corrected chi connectivity index (χ0v) is 5.57. The summed E-state index contributed by atoms with van der Waals surface area (Å²) >= 11 is 0. The number of alkyl halides is 1. The molecule has 1 saturated heterocycles. The van der Waals surface area contributed by atoms with E-state index < -0.39 is 0 Å². The van der Waals surface area contributed by atoms with Crippen LogP contribution >= 0.6 is 0 Å². The minimum absolute atomic E-state index is 0.191. The third-order valence-electron chi connectivity index (χ3n) is 1.50. The molecule has 0 aromatic rings. The predicted molar refractivity (Wildman–Crippen MR) is 36.2 cm³/mol. The van der Waals surface area contributed by atoms with Crippen LogP contribution in [0.4, 0.5) is 4.39 Å². The molecule has 0 aromatic carbocycles. The Morgan fingerprint density at radius 1 is 1.56 bits per heavy atom. The lowest BCUT2D eigenvalue weighted by molar-refractivity contribution is 0.238. The molecule has 9 heavy (non-hydrogen) atoms. The summed E-state index contributed by atoms with van der Waals surface area (Å²) in [6.45, 7) is 6.46. The first-order chi connectivity index (χ1) is 4.33. The number of halogens is 1. The molecule has 1 rings (SSSR count). The molecular weight excluding hydrogens is 117 g/mol. The van der Waals surface area contributed by atoms with Gasteiger partial charge < -0.3 is 0 Å². The van der Waals surface area contributed by atoms with Gasteiger partial charge in [0.1, 0.15) is 0 Å². The van der Waals surface area contributed by atoms with E-state index in [1.165, 1.54) is 5.57 Å². The molecule has 0 saturated carbocycles. The van der Waals surface area contributed by atoms with Crippen molar-refractivity contribution in [3.8, 4) is 0 Å². The Bertz CT molecular complexity index is 103. The fraction of sp³-hybridized carbons (Fsp3) is 0.714. The van der Waals surface area contributed by atoms with Crippen LogP contribution in [0, 0.1) is 0 Å². The molecule has 1 fully saturated rings. The van der Waals surface area contributed by atoms with Gasteiger partial charge >= 0.3 is 0 Å². The molecule has 0 atom stereocenters. The van der Waals surface area contributed by atoms with Gasteiger partial charge in [-0.2, -0.15) is 0 Å². The molecule has 1 nitrogen and oxygen atoms in total. The van der Waals surface area contributed by atoms with Crippen molar-refractivity contribution < 1.29 is 4.39 Å². The molecule has 0 bridgehead atoms. The van der Waals surface area contributed by atoms with Gasteiger partial charge in [-0.25, -0.2) is 0 Å². The maximum atomic E-state index is 11.6. The molecule has 1 aliphatic rings. The number of likely N-dealkylation sites (tertiary alicyclic amines) is 1. The standard InChI is InChI=1S/C7H12FN/c1-7-5-9(6-7)4-2-3-8/h1-6H2. The fourth-order valence-corrected chi connectivity index (χ4v) is 1.03. The van der Waals surface area contributed by atoms with Crippen LogP contribution in [0.15, 0.2) is 12.2 Å². The van der Waals surface area contributed by atoms with Gasteiger partial charge in [0.15, 0.2) is 0 Å². The highest BCUT2D eigenvalue weighted by molar-refractivity contribution is 5.09. The molecule has 52 valence electrons. The molecule has 0 spiro atoms. The van der Waals surface area contributed by atoms with E-state index in [0.29, 0.717) is 6.42 Å². The second kappa shape index (κ2) is 2.97. The van der Waals surface area contributed by atoms with Gasteiger partial charge in [0.25, 0.3) is 0 Å². The van der Waals surface area contributed by atoms with E-state index in [4.69, 9.17) is 0 Å². The first-order valence-corrected chi connectivity index (χ1v) is 3.28. The van der Waals surface area contributed by atoms with Crippen molar-refractivity contribution in [2.24, 2.45) is 0 Å². The van der Waals surface area contributed by atoms with Crippen molar-refractivity contribution in [3.63, 3.8) is 0 Å². The van der Waals surface area contributed by atoms with Crippen LogP contribution in [0.1, 0.15) is 6.42 Å². The highest BCUT2D eigenvalue weighted by Crippen LogP contribution is 2.11. The second-order valence-corrected chi connectivity index (χ2v) is 2.50. The molecule has 0 amide bonds. The van der Waals surface area contributed by atoms with E-state index in [1.54, 1.807) is 0 Å². The van der Waals surface area contributed by atoms with Gasteiger partial charge in [-0.3, -0.25) is 9.29 Å². The third-order valence-corrected chi connectivity index (χ3v) is 1.50. The van der Waals surface area contributed by atoms with E-state index in [0.717, 1.165) is 19.6 Å². The molecule has 0 radical (unpaired) electrons. The number of hydrogen-bond donors (Lipinski definition) is 0. The van der Waals surface area contributed by atoms with Crippen LogP contribution in [0.2, 0.25) is 0 Å². The van der Waals surface area contributed by atoms with Gasteiger partial charge in [0.05, 0.1) is 6.67 Å². The van der Waals surface area contributed by atoms with Gasteiger partial charge in [0, 0.05) is 19.6 Å². The summed E-state index contributed by atoms with van der Waals surface area (Å²) in [5.41, 5.74) is 1.27. The Labute approximate surface area is 55.2 Å². The Balaban J connectivity index is 1.97. The Morgan fingerprint density at radius 3 is 2.67 bits per heavy atom. The van der Waals surface area contributed by atoms with E-state index in [1.807, 2.05) is 0 Å². The van der Waals surface area contributed by atoms with Gasteiger partial charge in [-0.15, -0.1) is 0 Å². The Hall–Kier alpha value is -0.370. The van der Waals surface area contributed by atoms with Crippen LogP contribution in [0.25, 0.3) is 0 Å².